The van der Waals surface area contributed by atoms with Gasteiger partial charge < -0.3 is 14.8 Å². The van der Waals surface area contributed by atoms with Crippen molar-refractivity contribution >= 4 is 11.9 Å². The summed E-state index contributed by atoms with van der Waals surface area (Å²) in [6.07, 6.45) is 0.0772. The molecule has 1 aromatic carbocycles. The maximum atomic E-state index is 12.2. The van der Waals surface area contributed by atoms with Crippen LogP contribution >= 0.6 is 0 Å². The Labute approximate surface area is 143 Å². The van der Waals surface area contributed by atoms with Crippen molar-refractivity contribution < 1.29 is 19.1 Å². The Hall–Kier alpha value is -2.08. The van der Waals surface area contributed by atoms with E-state index in [1.54, 1.807) is 14.0 Å². The van der Waals surface area contributed by atoms with E-state index in [2.05, 4.69) is 12.2 Å². The first-order valence-corrected chi connectivity index (χ1v) is 8.28. The fraction of sp³-hybridized carbons (Fsp3) is 0.556. The van der Waals surface area contributed by atoms with Gasteiger partial charge in [0.15, 0.2) is 0 Å². The molecule has 1 atom stereocenters. The van der Waals surface area contributed by atoms with Crippen LogP contribution in [0.3, 0.4) is 0 Å². The summed E-state index contributed by atoms with van der Waals surface area (Å²) in [6.45, 7) is 8.08. The van der Waals surface area contributed by atoms with Crippen molar-refractivity contribution in [2.45, 2.75) is 39.8 Å². The number of amides is 1. The zero-order valence-corrected chi connectivity index (χ0v) is 14.8. The highest BCUT2D eigenvalue weighted by molar-refractivity contribution is 5.87. The normalized spacial score (nSPS) is 18.2. The summed E-state index contributed by atoms with van der Waals surface area (Å²) in [4.78, 5) is 26.1. The molecule has 6 nitrogen and oxygen atoms in total. The van der Waals surface area contributed by atoms with Crippen LogP contribution < -0.4 is 10.1 Å². The van der Waals surface area contributed by atoms with Crippen LogP contribution in [0.4, 0.5) is 0 Å². The number of carbonyl (C=O) groups excluding carboxylic acids is 2. The van der Waals surface area contributed by atoms with Crippen LogP contribution in [0.1, 0.15) is 30.0 Å². The average Bonchev–Trinajstić information content (AvgIpc) is 2.55. The van der Waals surface area contributed by atoms with Gasteiger partial charge in [-0.25, -0.2) is 0 Å². The third-order valence-corrected chi connectivity index (χ3v) is 4.55. The van der Waals surface area contributed by atoms with E-state index < -0.39 is 6.04 Å². The molecule has 1 fully saturated rings. The molecule has 0 saturated carbocycles. The number of carbonyl (C=O) groups is 2. The number of nitrogens with one attached hydrogen (secondary N) is 1. The summed E-state index contributed by atoms with van der Waals surface area (Å²) in [6, 6.07) is 3.48. The summed E-state index contributed by atoms with van der Waals surface area (Å²) in [5, 5.41) is 2.83. The van der Waals surface area contributed by atoms with Crippen LogP contribution in [0.2, 0.25) is 0 Å². The Morgan fingerprint density at radius 3 is 2.75 bits per heavy atom. The highest BCUT2D eigenvalue weighted by atomic mass is 16.5. The molecule has 6 heteroatoms. The summed E-state index contributed by atoms with van der Waals surface area (Å²) < 4.78 is 10.4. The molecule has 1 aliphatic rings. The second-order valence-electron chi connectivity index (χ2n) is 5.96. The van der Waals surface area contributed by atoms with E-state index in [-0.39, 0.29) is 18.3 Å². The number of hydrogen-bond donors (Lipinski definition) is 1. The molecule has 0 aliphatic carbocycles. The van der Waals surface area contributed by atoms with E-state index in [1.165, 1.54) is 0 Å². The second-order valence-corrected chi connectivity index (χ2v) is 5.96. The monoisotopic (exact) mass is 334 g/mol. The lowest BCUT2D eigenvalue weighted by Gasteiger charge is -2.35. The van der Waals surface area contributed by atoms with Gasteiger partial charge in [-0.2, -0.15) is 0 Å². The molecule has 132 valence electrons. The number of nitrogens with zero attached hydrogens (tertiary/aromatic N) is 1. The number of benzene rings is 1. The van der Waals surface area contributed by atoms with Crippen molar-refractivity contribution in [1.29, 1.82) is 0 Å². The first kappa shape index (κ1) is 18.3. The molecule has 24 heavy (non-hydrogen) atoms. The lowest BCUT2D eigenvalue weighted by Crippen LogP contribution is -2.55. The fourth-order valence-electron chi connectivity index (χ4n) is 3.01. The predicted octanol–water partition coefficient (Wildman–Crippen LogP) is 1.57. The standard InChI is InChI=1S/C18H26N2O4/c1-5-24-17(21)10-15-18(22)19-8-9-20(15)11-14-6-7-16(23-4)13(3)12(14)2/h6-7,15H,5,8-11H2,1-4H3,(H,19,22)/t15-/m1/s1. The molecule has 0 unspecified atom stereocenters. The van der Waals surface area contributed by atoms with Crippen LogP contribution in [0.15, 0.2) is 12.1 Å². The molecule has 0 aromatic heterocycles. The van der Waals surface area contributed by atoms with Crippen LogP contribution in [0.5, 0.6) is 5.75 Å². The Kier molecular flexibility index (Phi) is 6.20. The van der Waals surface area contributed by atoms with Crippen molar-refractivity contribution in [3.05, 3.63) is 28.8 Å². The van der Waals surface area contributed by atoms with Gasteiger partial charge in [-0.15, -0.1) is 0 Å². The van der Waals surface area contributed by atoms with Crippen LogP contribution in [0.25, 0.3) is 0 Å². The smallest absolute Gasteiger partial charge is 0.307 e. The quantitative estimate of drug-likeness (QED) is 0.800. The minimum Gasteiger partial charge on any atom is -0.496 e. The molecule has 1 N–H and O–H groups in total. The maximum Gasteiger partial charge on any atom is 0.307 e. The number of rotatable bonds is 6. The zero-order chi connectivity index (χ0) is 17.7. The largest absolute Gasteiger partial charge is 0.496 e. The van der Waals surface area contributed by atoms with E-state index in [0.717, 1.165) is 22.4 Å². The second kappa shape index (κ2) is 8.15. The van der Waals surface area contributed by atoms with E-state index in [9.17, 15) is 9.59 Å². The molecular weight excluding hydrogens is 308 g/mol. The highest BCUT2D eigenvalue weighted by Crippen LogP contribution is 2.26. The van der Waals surface area contributed by atoms with Crippen LogP contribution in [-0.4, -0.2) is 49.6 Å². The number of esters is 1. The Morgan fingerprint density at radius 1 is 1.33 bits per heavy atom. The molecule has 0 bridgehead atoms. The van der Waals surface area contributed by atoms with E-state index in [1.807, 2.05) is 24.0 Å². The van der Waals surface area contributed by atoms with E-state index in [0.29, 0.717) is 26.2 Å². The number of methoxy groups -OCH3 is 1. The maximum absolute atomic E-state index is 12.2. The van der Waals surface area contributed by atoms with E-state index >= 15 is 0 Å². The summed E-state index contributed by atoms with van der Waals surface area (Å²) in [5.41, 5.74) is 3.38. The molecule has 1 aromatic rings. The molecule has 1 saturated heterocycles. The first-order chi connectivity index (χ1) is 11.5. The van der Waals surface area contributed by atoms with Crippen LogP contribution in [0, 0.1) is 13.8 Å². The Morgan fingerprint density at radius 2 is 2.08 bits per heavy atom. The summed E-state index contributed by atoms with van der Waals surface area (Å²) in [7, 11) is 1.66. The minimum absolute atomic E-state index is 0.0772. The molecule has 0 spiro atoms. The molecule has 1 aliphatic heterocycles. The predicted molar refractivity (Wildman–Crippen MR) is 90.9 cm³/mol. The van der Waals surface area contributed by atoms with E-state index in [4.69, 9.17) is 9.47 Å². The SMILES string of the molecule is CCOC(=O)C[C@@H]1C(=O)NCCN1Cc1ccc(OC)c(C)c1C. The molecule has 1 amide bonds. The topological polar surface area (TPSA) is 67.9 Å². The highest BCUT2D eigenvalue weighted by Gasteiger charge is 2.32. The van der Waals surface area contributed by atoms with Crippen molar-refractivity contribution in [3.8, 4) is 5.75 Å². The van der Waals surface area contributed by atoms with Crippen molar-refractivity contribution in [2.24, 2.45) is 0 Å². The number of hydrogen-bond acceptors (Lipinski definition) is 5. The van der Waals surface area contributed by atoms with Crippen molar-refractivity contribution in [1.82, 2.24) is 10.2 Å². The van der Waals surface area contributed by atoms with Crippen molar-refractivity contribution in [3.63, 3.8) is 0 Å². The Balaban J connectivity index is 2.17. The molecule has 0 radical (unpaired) electrons. The summed E-state index contributed by atoms with van der Waals surface area (Å²) in [5.74, 6) is 0.403. The third kappa shape index (κ3) is 4.06. The van der Waals surface area contributed by atoms with Gasteiger partial charge in [-0.3, -0.25) is 14.5 Å². The van der Waals surface area contributed by atoms with Gasteiger partial charge in [0.2, 0.25) is 5.91 Å². The average molecular weight is 334 g/mol. The van der Waals surface area contributed by atoms with Crippen LogP contribution in [-0.2, 0) is 20.9 Å². The van der Waals surface area contributed by atoms with Gasteiger partial charge in [-0.05, 0) is 43.5 Å². The Bertz CT molecular complexity index is 615. The van der Waals surface area contributed by atoms with Gasteiger partial charge in [0.1, 0.15) is 11.8 Å². The minimum atomic E-state index is -0.486. The van der Waals surface area contributed by atoms with Gasteiger partial charge in [0.05, 0.1) is 20.1 Å². The molecular formula is C18H26N2O4. The third-order valence-electron chi connectivity index (χ3n) is 4.55. The number of piperazine rings is 1. The molecule has 2 rings (SSSR count). The van der Waals surface area contributed by atoms with Crippen molar-refractivity contribution in [2.75, 3.05) is 26.8 Å². The van der Waals surface area contributed by atoms with Gasteiger partial charge in [0, 0.05) is 19.6 Å². The zero-order valence-electron chi connectivity index (χ0n) is 14.8. The lowest BCUT2D eigenvalue weighted by atomic mass is 10.00. The summed E-state index contributed by atoms with van der Waals surface area (Å²) >= 11 is 0. The fourth-order valence-corrected chi connectivity index (χ4v) is 3.01. The van der Waals surface area contributed by atoms with Gasteiger partial charge >= 0.3 is 5.97 Å². The van der Waals surface area contributed by atoms with Gasteiger partial charge in [-0.1, -0.05) is 6.07 Å². The number of ether oxygens (including phenoxy) is 2. The van der Waals surface area contributed by atoms with Gasteiger partial charge in [0.25, 0.3) is 0 Å². The molecule has 1 heterocycles. The lowest BCUT2D eigenvalue weighted by molar-refractivity contribution is -0.148. The first-order valence-electron chi connectivity index (χ1n) is 8.28.